The fourth-order valence-electron chi connectivity index (χ4n) is 3.34. The third-order valence-corrected chi connectivity index (χ3v) is 4.98. The SMILES string of the molecule is CCNC(=NCc1ccc(N2CCCC2)nc1)NCC(C)Oc1ccccc1C. The van der Waals surface area contributed by atoms with Crippen LogP contribution in [0.2, 0.25) is 0 Å². The minimum atomic E-state index is 0.0290. The first-order valence-corrected chi connectivity index (χ1v) is 10.6. The number of hydrogen-bond donors (Lipinski definition) is 2. The highest BCUT2D eigenvalue weighted by Crippen LogP contribution is 2.18. The van der Waals surface area contributed by atoms with Crippen molar-refractivity contribution in [2.24, 2.45) is 4.99 Å². The summed E-state index contributed by atoms with van der Waals surface area (Å²) >= 11 is 0. The Kier molecular flexibility index (Phi) is 7.73. The summed E-state index contributed by atoms with van der Waals surface area (Å²) in [5.74, 6) is 2.78. The third-order valence-electron chi connectivity index (χ3n) is 4.98. The number of rotatable bonds is 8. The predicted molar refractivity (Wildman–Crippen MR) is 120 cm³/mol. The minimum Gasteiger partial charge on any atom is -0.489 e. The fourth-order valence-corrected chi connectivity index (χ4v) is 3.34. The van der Waals surface area contributed by atoms with Gasteiger partial charge in [0.25, 0.3) is 0 Å². The Hall–Kier alpha value is -2.76. The van der Waals surface area contributed by atoms with Gasteiger partial charge in [-0.15, -0.1) is 0 Å². The molecule has 1 fully saturated rings. The topological polar surface area (TPSA) is 61.8 Å². The lowest BCUT2D eigenvalue weighted by Gasteiger charge is -2.19. The van der Waals surface area contributed by atoms with E-state index in [0.717, 1.165) is 48.3 Å². The van der Waals surface area contributed by atoms with Crippen molar-refractivity contribution in [3.63, 3.8) is 0 Å². The molecule has 1 aromatic carbocycles. The van der Waals surface area contributed by atoms with Gasteiger partial charge in [-0.25, -0.2) is 9.98 Å². The molecule has 1 unspecified atom stereocenters. The molecule has 0 amide bonds. The van der Waals surface area contributed by atoms with Crippen molar-refractivity contribution in [2.75, 3.05) is 31.1 Å². The second kappa shape index (κ2) is 10.7. The van der Waals surface area contributed by atoms with E-state index in [0.29, 0.717) is 13.1 Å². The van der Waals surface area contributed by atoms with E-state index in [-0.39, 0.29) is 6.10 Å². The largest absolute Gasteiger partial charge is 0.489 e. The third kappa shape index (κ3) is 6.38. The number of ether oxygens (including phenoxy) is 1. The standard InChI is InChI=1S/C23H33N5O/c1-4-24-23(26-15-19(3)29-21-10-6-5-9-18(21)2)27-17-20-11-12-22(25-16-20)28-13-7-8-14-28/h5-6,9-12,16,19H,4,7-8,13-15,17H2,1-3H3,(H2,24,26,27). The molecule has 2 heterocycles. The van der Waals surface area contributed by atoms with Gasteiger partial charge in [-0.1, -0.05) is 24.3 Å². The average Bonchev–Trinajstić information content (AvgIpc) is 3.27. The van der Waals surface area contributed by atoms with Crippen LogP contribution in [0.3, 0.4) is 0 Å². The number of guanidine groups is 1. The van der Waals surface area contributed by atoms with Gasteiger partial charge in [0, 0.05) is 25.8 Å². The molecule has 156 valence electrons. The maximum Gasteiger partial charge on any atom is 0.191 e. The summed E-state index contributed by atoms with van der Waals surface area (Å²) in [6, 6.07) is 12.3. The summed E-state index contributed by atoms with van der Waals surface area (Å²) in [7, 11) is 0. The van der Waals surface area contributed by atoms with Crippen LogP contribution in [0, 0.1) is 6.92 Å². The maximum absolute atomic E-state index is 6.04. The summed E-state index contributed by atoms with van der Waals surface area (Å²) < 4.78 is 6.04. The van der Waals surface area contributed by atoms with E-state index in [9.17, 15) is 0 Å². The zero-order valence-corrected chi connectivity index (χ0v) is 17.8. The molecule has 1 aliphatic heterocycles. The van der Waals surface area contributed by atoms with Crippen LogP contribution >= 0.6 is 0 Å². The highest BCUT2D eigenvalue weighted by molar-refractivity contribution is 5.79. The van der Waals surface area contributed by atoms with Crippen molar-refractivity contribution in [3.05, 3.63) is 53.7 Å². The lowest BCUT2D eigenvalue weighted by Crippen LogP contribution is -2.41. The number of aryl methyl sites for hydroxylation is 1. The van der Waals surface area contributed by atoms with Crippen molar-refractivity contribution in [1.82, 2.24) is 15.6 Å². The Morgan fingerprint density at radius 3 is 2.66 bits per heavy atom. The monoisotopic (exact) mass is 395 g/mol. The van der Waals surface area contributed by atoms with E-state index < -0.39 is 0 Å². The number of hydrogen-bond acceptors (Lipinski definition) is 4. The Balaban J connectivity index is 1.51. The molecule has 6 nitrogen and oxygen atoms in total. The van der Waals surface area contributed by atoms with Crippen molar-refractivity contribution >= 4 is 11.8 Å². The molecule has 2 N–H and O–H groups in total. The van der Waals surface area contributed by atoms with Gasteiger partial charge in [-0.05, 0) is 56.9 Å². The molecule has 1 saturated heterocycles. The van der Waals surface area contributed by atoms with Crippen LogP contribution in [-0.2, 0) is 6.54 Å². The lowest BCUT2D eigenvalue weighted by atomic mass is 10.2. The van der Waals surface area contributed by atoms with Crippen LogP contribution in [0.4, 0.5) is 5.82 Å². The van der Waals surface area contributed by atoms with Crippen LogP contribution in [0.5, 0.6) is 5.75 Å². The first-order chi connectivity index (χ1) is 14.2. The van der Waals surface area contributed by atoms with Gasteiger partial charge in [0.2, 0.25) is 0 Å². The van der Waals surface area contributed by atoms with Crippen LogP contribution in [0.25, 0.3) is 0 Å². The summed E-state index contributed by atoms with van der Waals surface area (Å²) in [6.07, 6.45) is 4.49. The number of benzene rings is 1. The lowest BCUT2D eigenvalue weighted by molar-refractivity contribution is 0.222. The van der Waals surface area contributed by atoms with E-state index in [1.165, 1.54) is 12.8 Å². The number of nitrogens with zero attached hydrogens (tertiary/aromatic N) is 3. The van der Waals surface area contributed by atoms with Gasteiger partial charge in [0.05, 0.1) is 13.1 Å². The van der Waals surface area contributed by atoms with Crippen LogP contribution < -0.4 is 20.3 Å². The highest BCUT2D eigenvalue weighted by atomic mass is 16.5. The molecule has 1 aliphatic rings. The molecule has 6 heteroatoms. The van der Waals surface area contributed by atoms with Gasteiger partial charge >= 0.3 is 0 Å². The second-order valence-corrected chi connectivity index (χ2v) is 7.49. The van der Waals surface area contributed by atoms with Crippen molar-refractivity contribution < 1.29 is 4.74 Å². The van der Waals surface area contributed by atoms with Gasteiger partial charge in [0.15, 0.2) is 5.96 Å². The van der Waals surface area contributed by atoms with Crippen LogP contribution in [0.15, 0.2) is 47.6 Å². The molecule has 0 aliphatic carbocycles. The van der Waals surface area contributed by atoms with Crippen molar-refractivity contribution in [2.45, 2.75) is 46.3 Å². The van der Waals surface area contributed by atoms with Crippen LogP contribution in [-0.4, -0.2) is 43.2 Å². The molecule has 2 aromatic rings. The normalized spacial score (nSPS) is 15.3. The molecule has 0 radical (unpaired) electrons. The first-order valence-electron chi connectivity index (χ1n) is 10.6. The Bertz CT molecular complexity index is 784. The highest BCUT2D eigenvalue weighted by Gasteiger charge is 2.13. The summed E-state index contributed by atoms with van der Waals surface area (Å²) in [5, 5.41) is 6.67. The zero-order chi connectivity index (χ0) is 20.5. The van der Waals surface area contributed by atoms with E-state index in [2.05, 4.69) is 59.5 Å². The Morgan fingerprint density at radius 1 is 1.17 bits per heavy atom. The quantitative estimate of drug-likeness (QED) is 0.529. The van der Waals surface area contributed by atoms with E-state index in [4.69, 9.17) is 9.73 Å². The van der Waals surface area contributed by atoms with Crippen molar-refractivity contribution in [1.29, 1.82) is 0 Å². The fraction of sp³-hybridized carbons (Fsp3) is 0.478. The Labute approximate surface area is 174 Å². The maximum atomic E-state index is 6.04. The predicted octanol–water partition coefficient (Wildman–Crippen LogP) is 3.51. The van der Waals surface area contributed by atoms with E-state index in [1.54, 1.807) is 0 Å². The van der Waals surface area contributed by atoms with E-state index >= 15 is 0 Å². The molecule has 29 heavy (non-hydrogen) atoms. The molecule has 0 saturated carbocycles. The molecular formula is C23H33N5O. The first kappa shape index (κ1) is 21.0. The smallest absolute Gasteiger partial charge is 0.191 e. The van der Waals surface area contributed by atoms with Gasteiger partial charge in [0.1, 0.15) is 17.7 Å². The average molecular weight is 396 g/mol. The number of pyridine rings is 1. The molecule has 1 aromatic heterocycles. The van der Waals surface area contributed by atoms with E-state index in [1.807, 2.05) is 24.4 Å². The summed E-state index contributed by atoms with van der Waals surface area (Å²) in [4.78, 5) is 11.6. The summed E-state index contributed by atoms with van der Waals surface area (Å²) in [5.41, 5.74) is 2.25. The number of nitrogens with one attached hydrogen (secondary N) is 2. The molecule has 3 rings (SSSR count). The number of anilines is 1. The number of aromatic nitrogens is 1. The minimum absolute atomic E-state index is 0.0290. The van der Waals surface area contributed by atoms with Gasteiger partial charge in [-0.2, -0.15) is 0 Å². The molecule has 0 spiro atoms. The molecule has 0 bridgehead atoms. The van der Waals surface area contributed by atoms with Crippen LogP contribution in [0.1, 0.15) is 37.8 Å². The number of aliphatic imine (C=N–C) groups is 1. The molecule has 1 atom stereocenters. The molecular weight excluding hydrogens is 362 g/mol. The van der Waals surface area contributed by atoms with Gasteiger partial charge in [-0.3, -0.25) is 0 Å². The Morgan fingerprint density at radius 2 is 1.97 bits per heavy atom. The number of para-hydroxylation sites is 1. The summed E-state index contributed by atoms with van der Waals surface area (Å²) in [6.45, 7) is 10.5. The second-order valence-electron chi connectivity index (χ2n) is 7.49. The van der Waals surface area contributed by atoms with Crippen molar-refractivity contribution in [3.8, 4) is 5.75 Å². The zero-order valence-electron chi connectivity index (χ0n) is 17.8. The van der Waals surface area contributed by atoms with Gasteiger partial charge < -0.3 is 20.3 Å².